The van der Waals surface area contributed by atoms with Crippen molar-refractivity contribution in [1.82, 2.24) is 4.90 Å². The van der Waals surface area contributed by atoms with Gasteiger partial charge in [0.05, 0.1) is 11.7 Å². The number of para-hydroxylation sites is 1. The number of amides is 2. The molecule has 1 aliphatic heterocycles. The number of benzene rings is 3. The number of halogens is 1. The van der Waals surface area contributed by atoms with Gasteiger partial charge in [0, 0.05) is 6.54 Å². The van der Waals surface area contributed by atoms with Crippen molar-refractivity contribution in [3.63, 3.8) is 0 Å². The van der Waals surface area contributed by atoms with E-state index in [1.165, 1.54) is 17.2 Å². The maximum Gasteiger partial charge on any atom is 0.322 e. The molecule has 1 aliphatic rings. The summed E-state index contributed by atoms with van der Waals surface area (Å²) in [6.07, 6.45) is 0.781. The van der Waals surface area contributed by atoms with E-state index < -0.39 is 5.82 Å². The molecule has 0 saturated heterocycles. The van der Waals surface area contributed by atoms with E-state index in [2.05, 4.69) is 41.7 Å². The minimum absolute atomic E-state index is 0.192. The highest BCUT2D eigenvalue weighted by atomic mass is 19.1. The van der Waals surface area contributed by atoms with Crippen LogP contribution in [0, 0.1) is 12.7 Å². The lowest BCUT2D eigenvalue weighted by molar-refractivity contribution is 0.194. The Hall–Kier alpha value is -3.14. The van der Waals surface area contributed by atoms with E-state index in [9.17, 15) is 9.18 Å². The van der Waals surface area contributed by atoms with Crippen molar-refractivity contribution in [3.8, 4) is 0 Å². The van der Waals surface area contributed by atoms with E-state index in [1.54, 1.807) is 23.1 Å². The molecule has 0 radical (unpaired) electrons. The fraction of sp³-hybridized carbons (Fsp3) is 0.174. The van der Waals surface area contributed by atoms with E-state index in [1.807, 2.05) is 19.1 Å². The Kier molecular flexibility index (Phi) is 4.63. The topological polar surface area (TPSA) is 32.3 Å². The number of fused-ring (bicyclic) bond motifs is 1. The first-order valence-electron chi connectivity index (χ1n) is 9.10. The monoisotopic (exact) mass is 360 g/mol. The molecule has 27 heavy (non-hydrogen) atoms. The van der Waals surface area contributed by atoms with Gasteiger partial charge in [0.25, 0.3) is 0 Å². The van der Waals surface area contributed by atoms with Crippen molar-refractivity contribution in [3.05, 3.63) is 101 Å². The lowest BCUT2D eigenvalue weighted by Gasteiger charge is -2.37. The maximum absolute atomic E-state index is 14.0. The predicted octanol–water partition coefficient (Wildman–Crippen LogP) is 5.31. The first-order chi connectivity index (χ1) is 13.1. The average molecular weight is 360 g/mol. The number of carbonyl (C=O) groups excluding carboxylic acids is 1. The third-order valence-corrected chi connectivity index (χ3v) is 5.05. The highest BCUT2D eigenvalue weighted by Crippen LogP contribution is 2.35. The fourth-order valence-corrected chi connectivity index (χ4v) is 3.64. The van der Waals surface area contributed by atoms with Gasteiger partial charge in [-0.15, -0.1) is 0 Å². The number of nitrogens with one attached hydrogen (secondary N) is 1. The Bertz CT molecular complexity index is 968. The average Bonchev–Trinajstić information content (AvgIpc) is 2.69. The van der Waals surface area contributed by atoms with Crippen molar-refractivity contribution in [2.75, 3.05) is 11.9 Å². The second-order valence-corrected chi connectivity index (χ2v) is 6.87. The van der Waals surface area contributed by atoms with Crippen molar-refractivity contribution >= 4 is 11.7 Å². The summed E-state index contributed by atoms with van der Waals surface area (Å²) >= 11 is 0. The normalized spacial score (nSPS) is 15.9. The quantitative estimate of drug-likeness (QED) is 0.660. The summed E-state index contributed by atoms with van der Waals surface area (Å²) in [5.41, 5.74) is 4.79. The molecular formula is C23H21FN2O. The molecule has 0 aromatic heterocycles. The molecular weight excluding hydrogens is 339 g/mol. The minimum atomic E-state index is -0.435. The first kappa shape index (κ1) is 17.3. The number of hydrogen-bond donors (Lipinski definition) is 1. The molecule has 1 atom stereocenters. The van der Waals surface area contributed by atoms with Gasteiger partial charge in [-0.3, -0.25) is 0 Å². The van der Waals surface area contributed by atoms with Gasteiger partial charge < -0.3 is 10.2 Å². The Morgan fingerprint density at radius 2 is 1.70 bits per heavy atom. The number of carbonyl (C=O) groups is 1. The van der Waals surface area contributed by atoms with Gasteiger partial charge in [-0.2, -0.15) is 0 Å². The van der Waals surface area contributed by atoms with Crippen LogP contribution in [0.15, 0.2) is 72.8 Å². The molecule has 0 spiro atoms. The Balaban J connectivity index is 1.71. The lowest BCUT2D eigenvalue weighted by Crippen LogP contribution is -2.43. The summed E-state index contributed by atoms with van der Waals surface area (Å²) < 4.78 is 14.0. The molecule has 3 aromatic carbocycles. The van der Waals surface area contributed by atoms with Crippen LogP contribution < -0.4 is 5.32 Å². The minimum Gasteiger partial charge on any atom is -0.313 e. The number of aryl methyl sites for hydroxylation is 1. The van der Waals surface area contributed by atoms with Gasteiger partial charge in [0.15, 0.2) is 0 Å². The number of urea groups is 1. The smallest absolute Gasteiger partial charge is 0.313 e. The van der Waals surface area contributed by atoms with Crippen LogP contribution in [0.4, 0.5) is 14.9 Å². The fourth-order valence-electron chi connectivity index (χ4n) is 3.64. The predicted molar refractivity (Wildman–Crippen MR) is 105 cm³/mol. The number of anilines is 1. The Morgan fingerprint density at radius 3 is 2.48 bits per heavy atom. The summed E-state index contributed by atoms with van der Waals surface area (Å²) in [6, 6.07) is 22.2. The van der Waals surface area contributed by atoms with Crippen LogP contribution in [0.25, 0.3) is 0 Å². The molecule has 3 nitrogen and oxygen atoms in total. The second kappa shape index (κ2) is 7.23. The van der Waals surface area contributed by atoms with Crippen LogP contribution in [0.1, 0.15) is 28.3 Å². The van der Waals surface area contributed by atoms with E-state index in [4.69, 9.17) is 0 Å². The maximum atomic E-state index is 14.0. The largest absolute Gasteiger partial charge is 0.322 e. The van der Waals surface area contributed by atoms with E-state index in [-0.39, 0.29) is 17.8 Å². The molecule has 0 fully saturated rings. The Labute approximate surface area is 158 Å². The second-order valence-electron chi connectivity index (χ2n) is 6.87. The Morgan fingerprint density at radius 1 is 1.00 bits per heavy atom. The van der Waals surface area contributed by atoms with Crippen molar-refractivity contribution in [2.24, 2.45) is 0 Å². The van der Waals surface area contributed by atoms with Crippen molar-refractivity contribution < 1.29 is 9.18 Å². The molecule has 0 bridgehead atoms. The third kappa shape index (κ3) is 3.43. The summed E-state index contributed by atoms with van der Waals surface area (Å²) in [6.45, 7) is 2.62. The van der Waals surface area contributed by atoms with E-state index >= 15 is 0 Å². The standard InChI is InChI=1S/C23H21FN2O/c1-16-10-12-18(13-11-16)22-19-7-3-2-6-17(19)14-15-26(22)23(27)25-21-9-5-4-8-20(21)24/h2-13,22H,14-15H2,1H3,(H,25,27)/t22-/m0/s1. The van der Waals surface area contributed by atoms with Crippen molar-refractivity contribution in [2.45, 2.75) is 19.4 Å². The molecule has 1 heterocycles. The third-order valence-electron chi connectivity index (χ3n) is 5.05. The zero-order chi connectivity index (χ0) is 18.8. The molecule has 4 heteroatoms. The molecule has 2 amide bonds. The van der Waals surface area contributed by atoms with Gasteiger partial charge in [-0.1, -0.05) is 66.2 Å². The van der Waals surface area contributed by atoms with Gasteiger partial charge in [-0.25, -0.2) is 9.18 Å². The summed E-state index contributed by atoms with van der Waals surface area (Å²) in [7, 11) is 0. The van der Waals surface area contributed by atoms with Gasteiger partial charge in [0.1, 0.15) is 5.82 Å². The van der Waals surface area contributed by atoms with Crippen LogP contribution in [0.2, 0.25) is 0 Å². The lowest BCUT2D eigenvalue weighted by atomic mass is 9.88. The van der Waals surface area contributed by atoms with Gasteiger partial charge in [-0.05, 0) is 42.2 Å². The summed E-state index contributed by atoms with van der Waals surface area (Å²) in [5.74, 6) is -0.435. The molecule has 0 aliphatic carbocycles. The van der Waals surface area contributed by atoms with Crippen LogP contribution >= 0.6 is 0 Å². The highest BCUT2D eigenvalue weighted by Gasteiger charge is 2.32. The number of nitrogens with zero attached hydrogens (tertiary/aromatic N) is 1. The van der Waals surface area contributed by atoms with Crippen molar-refractivity contribution in [1.29, 1.82) is 0 Å². The van der Waals surface area contributed by atoms with Crippen LogP contribution in [-0.4, -0.2) is 17.5 Å². The zero-order valence-corrected chi connectivity index (χ0v) is 15.2. The number of rotatable bonds is 2. The molecule has 1 N–H and O–H groups in total. The van der Waals surface area contributed by atoms with E-state index in [0.29, 0.717) is 6.54 Å². The molecule has 0 unspecified atom stereocenters. The molecule has 4 rings (SSSR count). The summed E-state index contributed by atoms with van der Waals surface area (Å²) in [5, 5.41) is 2.73. The zero-order valence-electron chi connectivity index (χ0n) is 15.2. The molecule has 0 saturated carbocycles. The SMILES string of the molecule is Cc1ccc([C@H]2c3ccccc3CCN2C(=O)Nc2ccccc2F)cc1. The van der Waals surface area contributed by atoms with Crippen LogP contribution in [-0.2, 0) is 6.42 Å². The van der Waals surface area contributed by atoms with Crippen LogP contribution in [0.5, 0.6) is 0 Å². The molecule has 3 aromatic rings. The molecule has 136 valence electrons. The van der Waals surface area contributed by atoms with Gasteiger partial charge >= 0.3 is 6.03 Å². The highest BCUT2D eigenvalue weighted by molar-refractivity contribution is 5.90. The summed E-state index contributed by atoms with van der Waals surface area (Å²) in [4.78, 5) is 14.8. The van der Waals surface area contributed by atoms with Crippen LogP contribution in [0.3, 0.4) is 0 Å². The van der Waals surface area contributed by atoms with E-state index in [0.717, 1.165) is 17.5 Å². The number of hydrogen-bond acceptors (Lipinski definition) is 1. The first-order valence-corrected chi connectivity index (χ1v) is 9.10. The van der Waals surface area contributed by atoms with Gasteiger partial charge in [0.2, 0.25) is 0 Å².